The highest BCUT2D eigenvalue weighted by Gasteiger charge is 2.02. The lowest BCUT2D eigenvalue weighted by Gasteiger charge is -2.06. The summed E-state index contributed by atoms with van der Waals surface area (Å²) in [6.07, 6.45) is 0.994. The van der Waals surface area contributed by atoms with E-state index in [1.807, 2.05) is 19.1 Å². The van der Waals surface area contributed by atoms with Crippen LogP contribution in [0.5, 0.6) is 0 Å². The van der Waals surface area contributed by atoms with Crippen LogP contribution in [-0.4, -0.2) is 11.2 Å². The molecule has 0 spiro atoms. The number of hydrogen-bond acceptors (Lipinski definition) is 2. The van der Waals surface area contributed by atoms with Gasteiger partial charge in [0, 0.05) is 11.8 Å². The maximum atomic E-state index is 5.93. The molecule has 5 heteroatoms. The van der Waals surface area contributed by atoms with Gasteiger partial charge in [0.05, 0.1) is 10.0 Å². The molecule has 0 radical (unpaired) electrons. The normalized spacial score (nSPS) is 13.8. The first kappa shape index (κ1) is 14.7. The highest BCUT2D eigenvalue weighted by Crippen LogP contribution is 2.24. The Balaban J connectivity index is 2.55. The van der Waals surface area contributed by atoms with Gasteiger partial charge in [-0.15, -0.1) is 0 Å². The number of hydrogen-bond donors (Lipinski definition) is 1. The lowest BCUT2D eigenvalue weighted by atomic mass is 10.2. The van der Waals surface area contributed by atoms with Crippen LogP contribution in [0.2, 0.25) is 10.0 Å². The van der Waals surface area contributed by atoms with Crippen molar-refractivity contribution in [1.29, 1.82) is 0 Å². The van der Waals surface area contributed by atoms with Crippen molar-refractivity contribution in [3.05, 3.63) is 33.8 Å². The number of benzene rings is 1. The Hall–Kier alpha value is -0.380. The highest BCUT2D eigenvalue weighted by molar-refractivity contribution is 8.13. The van der Waals surface area contributed by atoms with Gasteiger partial charge in [-0.05, 0) is 31.0 Å². The smallest absolute Gasteiger partial charge is 0.154 e. The molecule has 0 fully saturated rings. The third-order valence-corrected chi connectivity index (χ3v) is 3.93. The van der Waals surface area contributed by atoms with Crippen LogP contribution in [-0.2, 0) is 5.75 Å². The molecule has 2 nitrogen and oxygen atoms in total. The second-order valence-corrected chi connectivity index (χ2v) is 5.57. The van der Waals surface area contributed by atoms with Crippen molar-refractivity contribution in [2.75, 3.05) is 0 Å². The van der Waals surface area contributed by atoms with Crippen molar-refractivity contribution in [1.82, 2.24) is 0 Å². The molecule has 0 aliphatic rings. The van der Waals surface area contributed by atoms with Gasteiger partial charge in [-0.3, -0.25) is 4.99 Å². The summed E-state index contributed by atoms with van der Waals surface area (Å²) < 4.78 is 0. The first-order valence-corrected chi connectivity index (χ1v) is 7.17. The average molecular weight is 291 g/mol. The minimum absolute atomic E-state index is 0.274. The predicted molar refractivity (Wildman–Crippen MR) is 79.1 cm³/mol. The van der Waals surface area contributed by atoms with E-state index in [1.54, 1.807) is 6.07 Å². The Morgan fingerprint density at radius 2 is 2.12 bits per heavy atom. The van der Waals surface area contributed by atoms with E-state index >= 15 is 0 Å². The number of amidine groups is 1. The molecule has 0 saturated carbocycles. The summed E-state index contributed by atoms with van der Waals surface area (Å²) in [6.45, 7) is 4.14. The van der Waals surface area contributed by atoms with Crippen molar-refractivity contribution < 1.29 is 0 Å². The van der Waals surface area contributed by atoms with E-state index in [1.165, 1.54) is 11.8 Å². The molecule has 1 rings (SSSR count). The van der Waals surface area contributed by atoms with Crippen LogP contribution in [0.1, 0.15) is 25.8 Å². The molecular formula is C12H16Cl2N2S. The molecule has 0 unspecified atom stereocenters. The van der Waals surface area contributed by atoms with Gasteiger partial charge in [-0.25, -0.2) is 0 Å². The predicted octanol–water partition coefficient (Wildman–Crippen LogP) is 4.34. The summed E-state index contributed by atoms with van der Waals surface area (Å²) in [6, 6.07) is 5.86. The molecule has 1 aromatic rings. The molecule has 0 aromatic heterocycles. The first-order valence-electron chi connectivity index (χ1n) is 5.43. The van der Waals surface area contributed by atoms with Gasteiger partial charge >= 0.3 is 0 Å². The fourth-order valence-corrected chi connectivity index (χ4v) is 2.20. The molecule has 0 amide bonds. The van der Waals surface area contributed by atoms with E-state index in [-0.39, 0.29) is 6.04 Å². The molecule has 0 saturated heterocycles. The molecule has 1 atom stereocenters. The number of aliphatic imine (C=N–C) groups is 1. The number of nitrogens with two attached hydrogens (primary N) is 1. The van der Waals surface area contributed by atoms with Crippen LogP contribution in [0, 0.1) is 0 Å². The monoisotopic (exact) mass is 290 g/mol. The van der Waals surface area contributed by atoms with Crippen molar-refractivity contribution in [2.24, 2.45) is 10.7 Å². The van der Waals surface area contributed by atoms with Crippen LogP contribution in [0.3, 0.4) is 0 Å². The van der Waals surface area contributed by atoms with Gasteiger partial charge in [0.25, 0.3) is 0 Å². The van der Waals surface area contributed by atoms with Gasteiger partial charge in [0.15, 0.2) is 5.17 Å². The first-order chi connectivity index (χ1) is 8.02. The summed E-state index contributed by atoms with van der Waals surface area (Å²) in [7, 11) is 0. The fraction of sp³-hybridized carbons (Fsp3) is 0.417. The Morgan fingerprint density at radius 1 is 1.41 bits per heavy atom. The second kappa shape index (κ2) is 7.14. The largest absolute Gasteiger partial charge is 0.379 e. The molecular weight excluding hydrogens is 275 g/mol. The summed E-state index contributed by atoms with van der Waals surface area (Å²) >= 11 is 13.3. The minimum atomic E-state index is 0.274. The van der Waals surface area contributed by atoms with Crippen LogP contribution in [0.25, 0.3) is 0 Å². The van der Waals surface area contributed by atoms with Crippen LogP contribution < -0.4 is 5.73 Å². The van der Waals surface area contributed by atoms with Gasteiger partial charge in [-0.1, -0.05) is 48.0 Å². The molecule has 0 aliphatic carbocycles. The van der Waals surface area contributed by atoms with E-state index in [0.29, 0.717) is 15.2 Å². The lowest BCUT2D eigenvalue weighted by Crippen LogP contribution is -2.11. The molecule has 17 heavy (non-hydrogen) atoms. The molecule has 0 aliphatic heterocycles. The van der Waals surface area contributed by atoms with Gasteiger partial charge < -0.3 is 5.73 Å². The molecule has 2 N–H and O–H groups in total. The summed E-state index contributed by atoms with van der Waals surface area (Å²) in [5.41, 5.74) is 6.91. The Bertz CT molecular complexity index is 407. The van der Waals surface area contributed by atoms with Crippen LogP contribution in [0.15, 0.2) is 23.2 Å². The average Bonchev–Trinajstić information content (AvgIpc) is 2.30. The maximum absolute atomic E-state index is 5.93. The van der Waals surface area contributed by atoms with Crippen molar-refractivity contribution in [3.8, 4) is 0 Å². The Labute approximate surface area is 117 Å². The third-order valence-electron chi connectivity index (χ3n) is 2.31. The molecule has 0 heterocycles. The lowest BCUT2D eigenvalue weighted by molar-refractivity contribution is 0.718. The standard InChI is InChI=1S/C12H16Cl2N2S/c1-3-8(2)16-12(15)17-7-9-4-5-10(13)11(14)6-9/h4-6,8H,3,7H2,1-2H3,(H2,15,16)/t8-/m0/s1. The Kier molecular flexibility index (Phi) is 6.17. The van der Waals surface area contributed by atoms with E-state index in [4.69, 9.17) is 28.9 Å². The van der Waals surface area contributed by atoms with Crippen molar-refractivity contribution in [2.45, 2.75) is 32.1 Å². The SMILES string of the molecule is CC[C@H](C)N=C(N)SCc1ccc(Cl)c(Cl)c1. The zero-order valence-corrected chi connectivity index (χ0v) is 12.2. The van der Waals surface area contributed by atoms with E-state index in [2.05, 4.69) is 11.9 Å². The summed E-state index contributed by atoms with van der Waals surface area (Å²) in [5, 5.41) is 1.76. The zero-order chi connectivity index (χ0) is 12.8. The van der Waals surface area contributed by atoms with E-state index < -0.39 is 0 Å². The number of halogens is 2. The molecule has 0 bridgehead atoms. The zero-order valence-electron chi connectivity index (χ0n) is 9.91. The van der Waals surface area contributed by atoms with Gasteiger partial charge in [0.1, 0.15) is 0 Å². The Morgan fingerprint density at radius 3 is 2.71 bits per heavy atom. The van der Waals surface area contributed by atoms with Crippen molar-refractivity contribution in [3.63, 3.8) is 0 Å². The number of nitrogens with zero attached hydrogens (tertiary/aromatic N) is 1. The van der Waals surface area contributed by atoms with Crippen LogP contribution in [0.4, 0.5) is 0 Å². The topological polar surface area (TPSA) is 38.4 Å². The molecule has 1 aromatic carbocycles. The second-order valence-electron chi connectivity index (χ2n) is 3.76. The van der Waals surface area contributed by atoms with Gasteiger partial charge in [-0.2, -0.15) is 0 Å². The van der Waals surface area contributed by atoms with E-state index in [0.717, 1.165) is 17.7 Å². The minimum Gasteiger partial charge on any atom is -0.379 e. The fourth-order valence-electron chi connectivity index (χ4n) is 1.13. The van der Waals surface area contributed by atoms with E-state index in [9.17, 15) is 0 Å². The van der Waals surface area contributed by atoms with Crippen LogP contribution >= 0.6 is 35.0 Å². The number of rotatable bonds is 4. The van der Waals surface area contributed by atoms with Gasteiger partial charge in [0.2, 0.25) is 0 Å². The highest BCUT2D eigenvalue weighted by atomic mass is 35.5. The summed E-state index contributed by atoms with van der Waals surface area (Å²) in [4.78, 5) is 4.35. The number of thioether (sulfide) groups is 1. The third kappa shape index (κ3) is 5.19. The maximum Gasteiger partial charge on any atom is 0.154 e. The quantitative estimate of drug-likeness (QED) is 0.662. The summed E-state index contributed by atoms with van der Waals surface area (Å²) in [5.74, 6) is 0.753. The van der Waals surface area contributed by atoms with Crippen molar-refractivity contribution >= 4 is 40.1 Å². The molecule has 94 valence electrons.